The topological polar surface area (TPSA) is 110 Å². The summed E-state index contributed by atoms with van der Waals surface area (Å²) in [6.07, 6.45) is 2.86. The Balaban J connectivity index is 0.000000464. The average molecular weight is 510 g/mol. The minimum absolute atomic E-state index is 0.0342. The van der Waals surface area contributed by atoms with E-state index in [1.54, 1.807) is 25.1 Å². The normalized spacial score (nSPS) is 17.4. The van der Waals surface area contributed by atoms with Gasteiger partial charge in [0.2, 0.25) is 16.0 Å². The van der Waals surface area contributed by atoms with Crippen molar-refractivity contribution in [1.82, 2.24) is 9.97 Å². The predicted octanol–water partition coefficient (Wildman–Crippen LogP) is 4.54. The van der Waals surface area contributed by atoms with Crippen LogP contribution in [0.15, 0.2) is 30.8 Å². The summed E-state index contributed by atoms with van der Waals surface area (Å²) in [5.41, 5.74) is 2.58. The van der Waals surface area contributed by atoms with Crippen molar-refractivity contribution in [3.63, 3.8) is 0 Å². The lowest BCUT2D eigenvalue weighted by Gasteiger charge is -2.22. The third-order valence-electron chi connectivity index (χ3n) is 4.95. The third-order valence-corrected chi connectivity index (χ3v) is 6.11. The lowest BCUT2D eigenvalue weighted by atomic mass is 9.98. The first-order valence-corrected chi connectivity index (χ1v) is 13.3. The molecule has 35 heavy (non-hydrogen) atoms. The summed E-state index contributed by atoms with van der Waals surface area (Å²) in [6.45, 7) is 13.5. The Hall–Kier alpha value is -2.85. The number of benzene rings is 1. The molecule has 1 unspecified atom stereocenters. The second-order valence-corrected chi connectivity index (χ2v) is 10.2. The summed E-state index contributed by atoms with van der Waals surface area (Å²) < 4.78 is 42.7. The van der Waals surface area contributed by atoms with Gasteiger partial charge in [0.1, 0.15) is 11.9 Å². The lowest BCUT2D eigenvalue weighted by Crippen LogP contribution is -2.30. The minimum atomic E-state index is -3.50. The molecule has 0 radical (unpaired) electrons. The molecule has 0 spiro atoms. The van der Waals surface area contributed by atoms with Gasteiger partial charge in [-0.2, -0.15) is 0 Å². The van der Waals surface area contributed by atoms with Crippen molar-refractivity contribution in [3.8, 4) is 11.3 Å². The van der Waals surface area contributed by atoms with Crippen LogP contribution in [0.25, 0.3) is 17.3 Å². The molecule has 3 rings (SSSR count). The lowest BCUT2D eigenvalue weighted by molar-refractivity contribution is -0.158. The number of hydrogen-bond donors (Lipinski definition) is 1. The number of aliphatic hydroxyl groups is 1. The van der Waals surface area contributed by atoms with E-state index in [1.807, 2.05) is 27.7 Å². The zero-order valence-corrected chi connectivity index (χ0v) is 22.3. The average Bonchev–Trinajstić information content (AvgIpc) is 2.78. The van der Waals surface area contributed by atoms with Gasteiger partial charge in [0.25, 0.3) is 0 Å². The highest BCUT2D eigenvalue weighted by Gasteiger charge is 2.23. The maximum Gasteiger partial charge on any atom is 0.308 e. The van der Waals surface area contributed by atoms with Crippen LogP contribution in [-0.4, -0.2) is 55.0 Å². The van der Waals surface area contributed by atoms with Crippen molar-refractivity contribution in [2.75, 3.05) is 17.6 Å². The molecule has 1 saturated heterocycles. The summed E-state index contributed by atoms with van der Waals surface area (Å²) in [7, 11) is -2.10. The number of carbonyl (C=O) groups excluding carboxylic acids is 1. The van der Waals surface area contributed by atoms with Crippen molar-refractivity contribution in [2.45, 2.75) is 65.6 Å². The fourth-order valence-electron chi connectivity index (χ4n) is 3.21. The van der Waals surface area contributed by atoms with Crippen LogP contribution in [0.2, 0.25) is 0 Å². The van der Waals surface area contributed by atoms with E-state index in [1.165, 1.54) is 19.2 Å². The number of halogens is 1. The third kappa shape index (κ3) is 8.70. The van der Waals surface area contributed by atoms with E-state index in [0.29, 0.717) is 28.9 Å². The number of sulfonamides is 1. The van der Waals surface area contributed by atoms with Gasteiger partial charge in [0, 0.05) is 24.6 Å². The Morgan fingerprint density at radius 1 is 1.23 bits per heavy atom. The number of esters is 1. The van der Waals surface area contributed by atoms with Gasteiger partial charge in [-0.25, -0.2) is 27.1 Å². The molecule has 1 aliphatic rings. The maximum atomic E-state index is 13.2. The smallest absolute Gasteiger partial charge is 0.308 e. The van der Waals surface area contributed by atoms with Crippen LogP contribution in [0.3, 0.4) is 0 Å². The number of cyclic esters (lactones) is 1. The molecule has 10 heteroatoms. The van der Waals surface area contributed by atoms with Crippen LogP contribution in [0, 0.1) is 5.82 Å². The summed E-state index contributed by atoms with van der Waals surface area (Å²) in [5, 5.41) is 8.95. The molecule has 1 aromatic heterocycles. The van der Waals surface area contributed by atoms with Crippen LogP contribution in [0.4, 0.5) is 10.3 Å². The van der Waals surface area contributed by atoms with E-state index >= 15 is 0 Å². The largest absolute Gasteiger partial charge is 0.462 e. The molecular weight excluding hydrogens is 473 g/mol. The number of carbonyl (C=O) groups is 1. The fraction of sp³-hybridized carbons (Fsp3) is 0.480. The number of aromatic nitrogens is 2. The van der Waals surface area contributed by atoms with Gasteiger partial charge < -0.3 is 9.84 Å². The van der Waals surface area contributed by atoms with Crippen LogP contribution >= 0.6 is 0 Å². The molecule has 0 amide bonds. The van der Waals surface area contributed by atoms with Crippen molar-refractivity contribution >= 4 is 28.0 Å². The highest BCUT2D eigenvalue weighted by Crippen LogP contribution is 2.31. The van der Waals surface area contributed by atoms with Crippen molar-refractivity contribution in [3.05, 3.63) is 47.9 Å². The van der Waals surface area contributed by atoms with Gasteiger partial charge in [-0.15, -0.1) is 0 Å². The van der Waals surface area contributed by atoms with Crippen molar-refractivity contribution in [2.24, 2.45) is 0 Å². The van der Waals surface area contributed by atoms with Gasteiger partial charge in [-0.1, -0.05) is 40.3 Å². The SMILES string of the molecule is C=Cc1c(-c2ccc(F)cc2)nc(N(C)S(C)(=O)=O)nc1C(C)C.CC.CC1C[C@@H](O)CC(=O)O1. The Morgan fingerprint density at radius 2 is 1.80 bits per heavy atom. The molecule has 8 nitrogen and oxygen atoms in total. The molecule has 1 aromatic carbocycles. The molecule has 2 heterocycles. The van der Waals surface area contributed by atoms with E-state index in [0.717, 1.165) is 10.6 Å². The Kier molecular flexibility index (Phi) is 11.5. The standard InChI is InChI=1S/C17H20FN3O2S.C6H10O3.C2H6/c1-6-14-15(11(2)3)19-17(21(4)24(5,22)23)20-16(14)12-7-9-13(18)10-8-12;1-4-2-5(7)3-6(8)9-4;1-2/h6-11H,1H2,2-5H3;4-5,7H,2-3H2,1H3;1-2H3/t;4?,5-;/m.1./s1. The molecule has 0 aliphatic carbocycles. The first-order chi connectivity index (χ1) is 16.3. The Labute approximate surface area is 207 Å². The molecular formula is C25H36FN3O5S. The second-order valence-electron chi connectivity index (χ2n) is 8.16. The summed E-state index contributed by atoms with van der Waals surface area (Å²) in [5.74, 6) is -0.537. The molecule has 1 aliphatic heterocycles. The Morgan fingerprint density at radius 3 is 2.23 bits per heavy atom. The predicted molar refractivity (Wildman–Crippen MR) is 137 cm³/mol. The van der Waals surface area contributed by atoms with E-state index in [9.17, 15) is 17.6 Å². The van der Waals surface area contributed by atoms with Gasteiger partial charge in [-0.3, -0.25) is 4.79 Å². The zero-order chi connectivity index (χ0) is 26.9. The zero-order valence-electron chi connectivity index (χ0n) is 21.4. The van der Waals surface area contributed by atoms with Crippen molar-refractivity contribution in [1.29, 1.82) is 0 Å². The summed E-state index contributed by atoms with van der Waals surface area (Å²) in [6, 6.07) is 5.86. The second kappa shape index (κ2) is 13.3. The first-order valence-electron chi connectivity index (χ1n) is 11.4. The minimum Gasteiger partial charge on any atom is -0.462 e. The molecule has 2 aromatic rings. The quantitative estimate of drug-likeness (QED) is 0.589. The molecule has 194 valence electrons. The number of hydrogen-bond acceptors (Lipinski definition) is 7. The molecule has 0 saturated carbocycles. The molecule has 1 fully saturated rings. The van der Waals surface area contributed by atoms with Gasteiger partial charge in [0.05, 0.1) is 30.2 Å². The van der Waals surface area contributed by atoms with E-state index in [-0.39, 0.29) is 36.2 Å². The number of aliphatic hydroxyl groups excluding tert-OH is 1. The highest BCUT2D eigenvalue weighted by atomic mass is 32.2. The molecule has 2 atom stereocenters. The van der Waals surface area contributed by atoms with E-state index in [4.69, 9.17) is 9.84 Å². The van der Waals surface area contributed by atoms with Gasteiger partial charge >= 0.3 is 5.97 Å². The number of nitrogens with zero attached hydrogens (tertiary/aromatic N) is 3. The Bertz CT molecular complexity index is 1090. The van der Waals surface area contributed by atoms with Crippen LogP contribution < -0.4 is 4.31 Å². The van der Waals surface area contributed by atoms with E-state index in [2.05, 4.69) is 16.5 Å². The van der Waals surface area contributed by atoms with Gasteiger partial charge in [-0.05, 0) is 37.1 Å². The summed E-state index contributed by atoms with van der Waals surface area (Å²) in [4.78, 5) is 19.3. The molecule has 1 N–H and O–H groups in total. The number of rotatable bonds is 5. The number of ether oxygens (including phenoxy) is 1. The highest BCUT2D eigenvalue weighted by molar-refractivity contribution is 7.92. The number of anilines is 1. The summed E-state index contributed by atoms with van der Waals surface area (Å²) >= 11 is 0. The van der Waals surface area contributed by atoms with Crippen LogP contribution in [0.5, 0.6) is 0 Å². The van der Waals surface area contributed by atoms with Crippen LogP contribution in [0.1, 0.15) is 64.6 Å². The van der Waals surface area contributed by atoms with Crippen LogP contribution in [-0.2, 0) is 19.6 Å². The maximum absolute atomic E-state index is 13.2. The van der Waals surface area contributed by atoms with E-state index < -0.39 is 16.1 Å². The monoisotopic (exact) mass is 509 g/mol. The first kappa shape index (κ1) is 30.2. The fourth-order valence-corrected chi connectivity index (χ4v) is 3.59. The van der Waals surface area contributed by atoms with Gasteiger partial charge in [0.15, 0.2) is 0 Å². The van der Waals surface area contributed by atoms with Crippen molar-refractivity contribution < 1.29 is 27.4 Å². The molecule has 0 bridgehead atoms.